The van der Waals surface area contributed by atoms with E-state index in [1.54, 1.807) is 0 Å². The largest absolute Gasteiger partial charge is 0.389 e. The Labute approximate surface area is 124 Å². The van der Waals surface area contributed by atoms with Crippen LogP contribution >= 0.6 is 0 Å². The van der Waals surface area contributed by atoms with E-state index in [2.05, 4.69) is 19.2 Å². The average Bonchev–Trinajstić information content (AvgIpc) is 2.42. The van der Waals surface area contributed by atoms with Gasteiger partial charge in [0.15, 0.2) is 0 Å². The molecule has 0 heterocycles. The Hall–Kier alpha value is -0.400. The summed E-state index contributed by atoms with van der Waals surface area (Å²) in [5, 5.41) is 11.7. The zero-order valence-corrected chi connectivity index (χ0v) is 12.8. The first kappa shape index (κ1) is 20.6. The summed E-state index contributed by atoms with van der Waals surface area (Å²) in [6, 6.07) is 0. The molecule has 0 saturated carbocycles. The monoisotopic (exact) mass is 317 g/mol. The van der Waals surface area contributed by atoms with Gasteiger partial charge in [-0.2, -0.15) is 8.78 Å². The predicted octanol–water partition coefficient (Wildman–Crippen LogP) is 3.07. The molecule has 0 amide bonds. The number of alkyl halides is 4. The van der Waals surface area contributed by atoms with Crippen molar-refractivity contribution >= 4 is 0 Å². The first-order chi connectivity index (χ1) is 9.83. The van der Waals surface area contributed by atoms with Crippen LogP contribution in [0.15, 0.2) is 0 Å². The van der Waals surface area contributed by atoms with Gasteiger partial charge in [-0.05, 0) is 12.3 Å². The number of hydrogen-bond donors (Lipinski definition) is 2. The second kappa shape index (κ2) is 11.2. The lowest BCUT2D eigenvalue weighted by Crippen LogP contribution is -2.42. The van der Waals surface area contributed by atoms with E-state index in [0.29, 0.717) is 12.5 Å². The molecule has 7 heteroatoms. The Bertz CT molecular complexity index is 255. The summed E-state index contributed by atoms with van der Waals surface area (Å²) < 4.78 is 54.3. The van der Waals surface area contributed by atoms with E-state index in [0.717, 1.165) is 25.7 Å². The second-order valence-electron chi connectivity index (χ2n) is 5.30. The molecular weight excluding hydrogens is 290 g/mol. The van der Waals surface area contributed by atoms with E-state index in [-0.39, 0.29) is 13.2 Å². The molecule has 0 rings (SSSR count). The fraction of sp³-hybridized carbons (Fsp3) is 1.00. The first-order valence-electron chi connectivity index (χ1n) is 7.45. The minimum atomic E-state index is -4.08. The van der Waals surface area contributed by atoms with Crippen molar-refractivity contribution in [3.8, 4) is 0 Å². The van der Waals surface area contributed by atoms with Crippen LogP contribution in [0.2, 0.25) is 0 Å². The predicted molar refractivity (Wildman–Crippen MR) is 74.0 cm³/mol. The number of unbranched alkanes of at least 4 members (excludes halogenated alkanes) is 1. The molecule has 0 fully saturated rings. The van der Waals surface area contributed by atoms with Gasteiger partial charge in [-0.3, -0.25) is 0 Å². The van der Waals surface area contributed by atoms with Crippen LogP contribution in [-0.4, -0.2) is 49.9 Å². The quantitative estimate of drug-likeness (QED) is 0.513. The van der Waals surface area contributed by atoms with Crippen molar-refractivity contribution in [1.29, 1.82) is 0 Å². The maximum Gasteiger partial charge on any atom is 0.319 e. The lowest BCUT2D eigenvalue weighted by Gasteiger charge is -2.19. The lowest BCUT2D eigenvalue weighted by molar-refractivity contribution is -0.126. The third kappa shape index (κ3) is 10.0. The summed E-state index contributed by atoms with van der Waals surface area (Å²) >= 11 is 0. The number of nitrogens with one attached hydrogen (secondary N) is 1. The van der Waals surface area contributed by atoms with Crippen LogP contribution in [-0.2, 0) is 4.74 Å². The maximum atomic E-state index is 12.6. The highest BCUT2D eigenvalue weighted by atomic mass is 19.3. The molecule has 128 valence electrons. The molecule has 2 N–H and O–H groups in total. The van der Waals surface area contributed by atoms with Crippen LogP contribution in [0.4, 0.5) is 17.6 Å². The van der Waals surface area contributed by atoms with E-state index in [9.17, 15) is 22.7 Å². The molecule has 0 aliphatic heterocycles. The van der Waals surface area contributed by atoms with E-state index in [1.165, 1.54) is 0 Å². The first-order valence-corrected chi connectivity index (χ1v) is 7.45. The van der Waals surface area contributed by atoms with Crippen LogP contribution in [0.25, 0.3) is 0 Å². The Morgan fingerprint density at radius 3 is 2.38 bits per heavy atom. The smallest absolute Gasteiger partial charge is 0.319 e. The van der Waals surface area contributed by atoms with Gasteiger partial charge in [0.1, 0.15) is 0 Å². The molecule has 0 radical (unpaired) electrons. The summed E-state index contributed by atoms with van der Waals surface area (Å²) in [5.74, 6) is -3.65. The van der Waals surface area contributed by atoms with Gasteiger partial charge in [-0.25, -0.2) is 8.78 Å². The van der Waals surface area contributed by atoms with E-state index < -0.39 is 25.0 Å². The van der Waals surface area contributed by atoms with Gasteiger partial charge in [0.05, 0.1) is 19.3 Å². The van der Waals surface area contributed by atoms with Gasteiger partial charge < -0.3 is 15.2 Å². The fourth-order valence-electron chi connectivity index (χ4n) is 1.81. The van der Waals surface area contributed by atoms with Crippen molar-refractivity contribution in [2.24, 2.45) is 5.92 Å². The van der Waals surface area contributed by atoms with Crippen molar-refractivity contribution in [1.82, 2.24) is 5.32 Å². The third-order valence-corrected chi connectivity index (χ3v) is 3.27. The van der Waals surface area contributed by atoms with Crippen molar-refractivity contribution in [2.45, 2.75) is 58.0 Å². The Morgan fingerprint density at radius 2 is 1.86 bits per heavy atom. The molecule has 0 saturated heterocycles. The highest BCUT2D eigenvalue weighted by molar-refractivity contribution is 4.73. The second-order valence-corrected chi connectivity index (χ2v) is 5.30. The van der Waals surface area contributed by atoms with Crippen molar-refractivity contribution in [2.75, 3.05) is 26.3 Å². The molecule has 0 aliphatic carbocycles. The Kier molecular flexibility index (Phi) is 11.0. The van der Waals surface area contributed by atoms with Crippen molar-refractivity contribution in [3.63, 3.8) is 0 Å². The van der Waals surface area contributed by atoms with Gasteiger partial charge in [0, 0.05) is 13.2 Å². The average molecular weight is 317 g/mol. The minimum Gasteiger partial charge on any atom is -0.389 e. The van der Waals surface area contributed by atoms with Crippen LogP contribution in [0.5, 0.6) is 0 Å². The number of ether oxygens (including phenoxy) is 1. The molecule has 0 aliphatic rings. The summed E-state index contributed by atoms with van der Waals surface area (Å²) in [6.45, 7) is 3.34. The number of rotatable bonds is 13. The van der Waals surface area contributed by atoms with Crippen LogP contribution < -0.4 is 5.32 Å². The van der Waals surface area contributed by atoms with Crippen LogP contribution in [0, 0.1) is 5.92 Å². The Balaban J connectivity index is 3.73. The molecule has 2 unspecified atom stereocenters. The highest BCUT2D eigenvalue weighted by Gasteiger charge is 2.40. The number of aliphatic hydroxyl groups is 1. The standard InChI is InChI=1S/C14H27F4NO2/c1-3-5-6-11(4-2)8-21-9-12(20)7-19-10-14(17,18)13(15)16/h11-13,19-20H,3-10H2,1-2H3. The zero-order valence-electron chi connectivity index (χ0n) is 12.8. The normalized spacial score (nSPS) is 15.4. The van der Waals surface area contributed by atoms with Gasteiger partial charge in [-0.15, -0.1) is 0 Å². The fourth-order valence-corrected chi connectivity index (χ4v) is 1.81. The van der Waals surface area contributed by atoms with E-state index >= 15 is 0 Å². The molecule has 0 aromatic carbocycles. The maximum absolute atomic E-state index is 12.6. The van der Waals surface area contributed by atoms with Crippen molar-refractivity contribution < 1.29 is 27.4 Å². The van der Waals surface area contributed by atoms with E-state index in [4.69, 9.17) is 4.74 Å². The van der Waals surface area contributed by atoms with Gasteiger partial charge >= 0.3 is 12.3 Å². The minimum absolute atomic E-state index is 0.00980. The molecule has 2 atom stereocenters. The third-order valence-electron chi connectivity index (χ3n) is 3.27. The highest BCUT2D eigenvalue weighted by Crippen LogP contribution is 2.21. The SMILES string of the molecule is CCCCC(CC)COCC(O)CNCC(F)(F)C(F)F. The number of hydrogen-bond acceptors (Lipinski definition) is 3. The molecule has 3 nitrogen and oxygen atoms in total. The molecular formula is C14H27F4NO2. The van der Waals surface area contributed by atoms with Crippen LogP contribution in [0.1, 0.15) is 39.5 Å². The van der Waals surface area contributed by atoms with Gasteiger partial charge in [0.2, 0.25) is 0 Å². The summed E-state index contributed by atoms with van der Waals surface area (Å²) in [4.78, 5) is 0. The molecule has 0 aromatic heterocycles. The van der Waals surface area contributed by atoms with Gasteiger partial charge in [-0.1, -0.05) is 33.1 Å². The Morgan fingerprint density at radius 1 is 1.19 bits per heavy atom. The lowest BCUT2D eigenvalue weighted by atomic mass is 10.0. The summed E-state index contributed by atoms with van der Waals surface area (Å²) in [5.41, 5.74) is 0. The van der Waals surface area contributed by atoms with Gasteiger partial charge in [0.25, 0.3) is 0 Å². The van der Waals surface area contributed by atoms with E-state index in [1.807, 2.05) is 0 Å². The zero-order chi connectivity index (χ0) is 16.3. The molecule has 0 spiro atoms. The number of aliphatic hydroxyl groups excluding tert-OH is 1. The summed E-state index contributed by atoms with van der Waals surface area (Å²) in [7, 11) is 0. The van der Waals surface area contributed by atoms with Crippen LogP contribution in [0.3, 0.4) is 0 Å². The topological polar surface area (TPSA) is 41.5 Å². The van der Waals surface area contributed by atoms with Crippen molar-refractivity contribution in [3.05, 3.63) is 0 Å². The molecule has 0 bridgehead atoms. The molecule has 21 heavy (non-hydrogen) atoms. The molecule has 0 aromatic rings. The summed E-state index contributed by atoms with van der Waals surface area (Å²) in [6.07, 6.45) is -0.420. The number of halogens is 4.